The molecule has 3 N–H and O–H groups in total. The fraction of sp³-hybridized carbons (Fsp3) is 0.600. The predicted octanol–water partition coefficient (Wildman–Crippen LogP) is 3.27. The van der Waals surface area contributed by atoms with Crippen LogP contribution in [0.5, 0.6) is 5.75 Å². The second-order valence-electron chi connectivity index (χ2n) is 6.00. The molecule has 3 heteroatoms. The van der Waals surface area contributed by atoms with Crippen LogP contribution in [-0.2, 0) is 0 Å². The van der Waals surface area contributed by atoms with Crippen molar-refractivity contribution < 1.29 is 4.74 Å². The van der Waals surface area contributed by atoms with Crippen LogP contribution in [0.2, 0.25) is 0 Å². The molecule has 1 aromatic rings. The van der Waals surface area contributed by atoms with Gasteiger partial charge in [-0.2, -0.15) is 0 Å². The van der Waals surface area contributed by atoms with E-state index in [2.05, 4.69) is 45.3 Å². The summed E-state index contributed by atoms with van der Waals surface area (Å²) in [6.45, 7) is 9.06. The number of nitrogens with one attached hydrogen (secondary N) is 1. The van der Waals surface area contributed by atoms with Gasteiger partial charge in [0.15, 0.2) is 0 Å². The highest BCUT2D eigenvalue weighted by Crippen LogP contribution is 2.33. The fourth-order valence-electron chi connectivity index (χ4n) is 1.84. The minimum Gasteiger partial charge on any atom is -0.497 e. The molecule has 2 atom stereocenters. The zero-order valence-electron chi connectivity index (χ0n) is 12.2. The standard InChI is InChI=1S/C15H26N2O/c1-11(15(2,3)4)10-14(17-16)12-6-8-13(18-5)9-7-12/h6-9,11,14,17H,10,16H2,1-5H3. The predicted molar refractivity (Wildman–Crippen MR) is 76.3 cm³/mol. The van der Waals surface area contributed by atoms with Crippen molar-refractivity contribution in [1.82, 2.24) is 5.43 Å². The lowest BCUT2D eigenvalue weighted by Crippen LogP contribution is -2.31. The molecule has 0 heterocycles. The lowest BCUT2D eigenvalue weighted by Gasteiger charge is -2.30. The first kappa shape index (κ1) is 15.0. The summed E-state index contributed by atoms with van der Waals surface area (Å²) in [6.07, 6.45) is 1.02. The lowest BCUT2D eigenvalue weighted by molar-refractivity contribution is 0.223. The quantitative estimate of drug-likeness (QED) is 0.623. The molecule has 3 nitrogen and oxygen atoms in total. The number of hydrogen-bond donors (Lipinski definition) is 2. The van der Waals surface area contributed by atoms with Crippen molar-refractivity contribution in [3.8, 4) is 5.75 Å². The van der Waals surface area contributed by atoms with Gasteiger partial charge in [-0.3, -0.25) is 11.3 Å². The molecule has 1 rings (SSSR count). The maximum absolute atomic E-state index is 5.69. The molecule has 0 aromatic heterocycles. The summed E-state index contributed by atoms with van der Waals surface area (Å²) in [5, 5.41) is 0. The molecule has 0 aliphatic carbocycles. The zero-order valence-corrected chi connectivity index (χ0v) is 12.2. The Balaban J connectivity index is 2.76. The first-order valence-electron chi connectivity index (χ1n) is 6.48. The van der Waals surface area contributed by atoms with E-state index in [0.717, 1.165) is 12.2 Å². The van der Waals surface area contributed by atoms with E-state index >= 15 is 0 Å². The highest BCUT2D eigenvalue weighted by atomic mass is 16.5. The number of rotatable bonds is 5. The number of hydrazine groups is 1. The monoisotopic (exact) mass is 250 g/mol. The SMILES string of the molecule is COc1ccc(C(CC(C)C(C)(C)C)NN)cc1. The number of hydrogen-bond acceptors (Lipinski definition) is 3. The van der Waals surface area contributed by atoms with Crippen molar-refractivity contribution in [2.24, 2.45) is 17.2 Å². The van der Waals surface area contributed by atoms with Crippen LogP contribution in [0.4, 0.5) is 0 Å². The summed E-state index contributed by atoms with van der Waals surface area (Å²) in [7, 11) is 1.68. The lowest BCUT2D eigenvalue weighted by atomic mass is 9.77. The van der Waals surface area contributed by atoms with Gasteiger partial charge >= 0.3 is 0 Å². The average molecular weight is 250 g/mol. The van der Waals surface area contributed by atoms with E-state index < -0.39 is 0 Å². The van der Waals surface area contributed by atoms with E-state index in [9.17, 15) is 0 Å². The van der Waals surface area contributed by atoms with Crippen LogP contribution in [0.3, 0.4) is 0 Å². The van der Waals surface area contributed by atoms with Gasteiger partial charge in [0.2, 0.25) is 0 Å². The van der Waals surface area contributed by atoms with Gasteiger partial charge in [-0.25, -0.2) is 0 Å². The molecular formula is C15H26N2O. The van der Waals surface area contributed by atoms with E-state index in [1.807, 2.05) is 12.1 Å². The molecule has 0 radical (unpaired) electrons. The highest BCUT2D eigenvalue weighted by Gasteiger charge is 2.23. The van der Waals surface area contributed by atoms with Gasteiger partial charge in [0.25, 0.3) is 0 Å². The number of ether oxygens (including phenoxy) is 1. The average Bonchev–Trinajstić information content (AvgIpc) is 2.34. The van der Waals surface area contributed by atoms with Crippen LogP contribution in [0.1, 0.15) is 45.7 Å². The Morgan fingerprint density at radius 2 is 1.78 bits per heavy atom. The van der Waals surface area contributed by atoms with E-state index in [4.69, 9.17) is 10.6 Å². The van der Waals surface area contributed by atoms with Crippen LogP contribution < -0.4 is 16.0 Å². The van der Waals surface area contributed by atoms with Crippen LogP contribution in [0.15, 0.2) is 24.3 Å². The van der Waals surface area contributed by atoms with Crippen molar-refractivity contribution >= 4 is 0 Å². The molecule has 102 valence electrons. The van der Waals surface area contributed by atoms with Gasteiger partial charge < -0.3 is 4.74 Å². The summed E-state index contributed by atoms with van der Waals surface area (Å²) < 4.78 is 5.17. The van der Waals surface area contributed by atoms with Crippen LogP contribution in [-0.4, -0.2) is 7.11 Å². The van der Waals surface area contributed by atoms with Gasteiger partial charge in [-0.1, -0.05) is 39.8 Å². The topological polar surface area (TPSA) is 47.3 Å². The minimum atomic E-state index is 0.185. The molecule has 1 aromatic carbocycles. The maximum Gasteiger partial charge on any atom is 0.118 e. The van der Waals surface area contributed by atoms with E-state index in [1.54, 1.807) is 7.11 Å². The molecular weight excluding hydrogens is 224 g/mol. The van der Waals surface area contributed by atoms with Gasteiger partial charge in [0.1, 0.15) is 5.75 Å². The van der Waals surface area contributed by atoms with Crippen LogP contribution >= 0.6 is 0 Å². The van der Waals surface area contributed by atoms with Gasteiger partial charge in [-0.15, -0.1) is 0 Å². The van der Waals surface area contributed by atoms with E-state index in [-0.39, 0.29) is 6.04 Å². The molecule has 2 unspecified atom stereocenters. The number of benzene rings is 1. The molecule has 0 bridgehead atoms. The molecule has 0 fully saturated rings. The first-order chi connectivity index (χ1) is 8.38. The number of methoxy groups -OCH3 is 1. The van der Waals surface area contributed by atoms with Crippen molar-refractivity contribution in [2.45, 2.75) is 40.2 Å². The fourth-order valence-corrected chi connectivity index (χ4v) is 1.84. The zero-order chi connectivity index (χ0) is 13.8. The van der Waals surface area contributed by atoms with Crippen molar-refractivity contribution in [3.63, 3.8) is 0 Å². The largest absolute Gasteiger partial charge is 0.497 e. The molecule has 0 saturated carbocycles. The molecule has 0 saturated heterocycles. The third kappa shape index (κ3) is 4.00. The Hall–Kier alpha value is -1.06. The third-order valence-electron chi connectivity index (χ3n) is 3.79. The van der Waals surface area contributed by atoms with E-state index in [1.165, 1.54) is 5.56 Å². The smallest absolute Gasteiger partial charge is 0.118 e. The van der Waals surface area contributed by atoms with Crippen molar-refractivity contribution in [3.05, 3.63) is 29.8 Å². The second kappa shape index (κ2) is 6.21. The summed E-state index contributed by atoms with van der Waals surface area (Å²) in [5.74, 6) is 7.14. The van der Waals surface area contributed by atoms with Crippen molar-refractivity contribution in [1.29, 1.82) is 0 Å². The number of nitrogens with two attached hydrogens (primary N) is 1. The van der Waals surface area contributed by atoms with Gasteiger partial charge in [-0.05, 0) is 35.4 Å². The second-order valence-corrected chi connectivity index (χ2v) is 6.00. The first-order valence-corrected chi connectivity index (χ1v) is 6.48. The summed E-state index contributed by atoms with van der Waals surface area (Å²) in [6, 6.07) is 8.27. The Bertz CT molecular complexity index is 354. The van der Waals surface area contributed by atoms with Crippen LogP contribution in [0.25, 0.3) is 0 Å². The summed E-state index contributed by atoms with van der Waals surface area (Å²) >= 11 is 0. The molecule has 0 aliphatic heterocycles. The molecule has 18 heavy (non-hydrogen) atoms. The highest BCUT2D eigenvalue weighted by molar-refractivity contribution is 5.29. The normalized spacial score (nSPS) is 15.2. The summed E-state index contributed by atoms with van der Waals surface area (Å²) in [5.41, 5.74) is 4.41. The Morgan fingerprint density at radius 3 is 2.17 bits per heavy atom. The van der Waals surface area contributed by atoms with Gasteiger partial charge in [0.05, 0.1) is 7.11 Å². The summed E-state index contributed by atoms with van der Waals surface area (Å²) in [4.78, 5) is 0. The Kier molecular flexibility index (Phi) is 5.17. The molecule has 0 spiro atoms. The van der Waals surface area contributed by atoms with Gasteiger partial charge in [0, 0.05) is 6.04 Å². The minimum absolute atomic E-state index is 0.185. The third-order valence-corrected chi connectivity index (χ3v) is 3.79. The Morgan fingerprint density at radius 1 is 1.22 bits per heavy atom. The van der Waals surface area contributed by atoms with Crippen molar-refractivity contribution in [2.75, 3.05) is 7.11 Å². The maximum atomic E-state index is 5.69. The Labute approximate surface area is 111 Å². The molecule has 0 aliphatic rings. The molecule has 0 amide bonds. The van der Waals surface area contributed by atoms with Crippen LogP contribution in [0, 0.1) is 11.3 Å². The van der Waals surface area contributed by atoms with E-state index in [0.29, 0.717) is 11.3 Å².